The molecule has 2 heterocycles. The first-order valence-electron chi connectivity index (χ1n) is 9.89. The largest absolute Gasteiger partial charge is 0.318 e. The molecule has 1 amide bonds. The number of carbonyl (C=O) groups excluding carboxylic acids is 1. The maximum atomic E-state index is 13.0. The van der Waals surface area contributed by atoms with Crippen molar-refractivity contribution in [3.63, 3.8) is 0 Å². The Hall–Kier alpha value is -3.74. The van der Waals surface area contributed by atoms with Gasteiger partial charge in [0.25, 0.3) is 11.5 Å². The molecule has 0 aliphatic carbocycles. The van der Waals surface area contributed by atoms with Crippen LogP contribution in [-0.4, -0.2) is 25.5 Å². The Morgan fingerprint density at radius 1 is 1.03 bits per heavy atom. The first-order valence-corrected chi connectivity index (χ1v) is 9.89. The fraction of sp³-hybridized carbons (Fsp3) is 0.217. The number of fused-ring (bicyclic) bond motifs is 1. The van der Waals surface area contributed by atoms with Crippen LogP contribution in [-0.2, 0) is 13.1 Å². The van der Waals surface area contributed by atoms with Crippen molar-refractivity contribution in [3.05, 3.63) is 88.6 Å². The monoisotopic (exact) mass is 401 g/mol. The van der Waals surface area contributed by atoms with Gasteiger partial charge in [0.1, 0.15) is 0 Å². The summed E-state index contributed by atoms with van der Waals surface area (Å²) in [6, 6.07) is 17.0. The molecule has 0 saturated carbocycles. The molecular formula is C23H23N5O2. The molecule has 0 unspecified atom stereocenters. The van der Waals surface area contributed by atoms with Crippen molar-refractivity contribution < 1.29 is 4.79 Å². The van der Waals surface area contributed by atoms with Gasteiger partial charge in [-0.2, -0.15) is 10.2 Å². The summed E-state index contributed by atoms with van der Waals surface area (Å²) in [5.41, 5.74) is 1.73. The zero-order valence-electron chi connectivity index (χ0n) is 16.9. The lowest BCUT2D eigenvalue weighted by Gasteiger charge is -2.12. The number of anilines is 1. The lowest BCUT2D eigenvalue weighted by atomic mass is 10.1. The minimum Gasteiger partial charge on any atom is -0.318 e. The van der Waals surface area contributed by atoms with Crippen molar-refractivity contribution in [2.24, 2.45) is 5.92 Å². The fourth-order valence-electron chi connectivity index (χ4n) is 3.35. The number of benzene rings is 2. The van der Waals surface area contributed by atoms with Gasteiger partial charge in [-0.3, -0.25) is 14.3 Å². The smallest absolute Gasteiger partial charge is 0.276 e. The van der Waals surface area contributed by atoms with E-state index in [1.165, 1.54) is 4.68 Å². The Labute approximate surface area is 174 Å². The second kappa shape index (κ2) is 8.32. The van der Waals surface area contributed by atoms with Crippen molar-refractivity contribution in [2.45, 2.75) is 26.9 Å². The number of hydrogen-bond acceptors (Lipinski definition) is 4. The molecule has 4 aromatic rings. The van der Waals surface area contributed by atoms with E-state index in [1.807, 2.05) is 44.2 Å². The van der Waals surface area contributed by atoms with Crippen LogP contribution in [0.2, 0.25) is 0 Å². The number of nitrogens with one attached hydrogen (secondary N) is 1. The standard InChI is InChI=1S/C23H23N5O2/c1-16(2)13-28-23(30)20-11-7-6-10-19(20)21(26-28)22(29)25-18-12-24-27(15-18)14-17-8-4-3-5-9-17/h3-12,15-16H,13-14H2,1-2H3,(H,25,29). The highest BCUT2D eigenvalue weighted by Gasteiger charge is 2.18. The molecule has 0 radical (unpaired) electrons. The van der Waals surface area contributed by atoms with E-state index in [4.69, 9.17) is 0 Å². The number of amides is 1. The molecule has 0 aliphatic rings. The molecule has 30 heavy (non-hydrogen) atoms. The Balaban J connectivity index is 1.62. The Kier molecular flexibility index (Phi) is 5.43. The minimum atomic E-state index is -0.372. The fourth-order valence-corrected chi connectivity index (χ4v) is 3.35. The minimum absolute atomic E-state index is 0.188. The summed E-state index contributed by atoms with van der Waals surface area (Å²) >= 11 is 0. The van der Waals surface area contributed by atoms with Gasteiger partial charge >= 0.3 is 0 Å². The number of rotatable bonds is 6. The summed E-state index contributed by atoms with van der Waals surface area (Å²) in [5, 5.41) is 12.6. The molecule has 152 valence electrons. The van der Waals surface area contributed by atoms with E-state index in [1.54, 1.807) is 41.3 Å². The van der Waals surface area contributed by atoms with Crippen LogP contribution >= 0.6 is 0 Å². The molecule has 0 aliphatic heterocycles. The molecule has 7 nitrogen and oxygen atoms in total. The maximum absolute atomic E-state index is 13.0. The second-order valence-corrected chi connectivity index (χ2v) is 7.64. The van der Waals surface area contributed by atoms with Crippen LogP contribution in [0.15, 0.2) is 71.8 Å². The van der Waals surface area contributed by atoms with Gasteiger partial charge in [-0.05, 0) is 17.5 Å². The van der Waals surface area contributed by atoms with E-state index in [-0.39, 0.29) is 23.1 Å². The van der Waals surface area contributed by atoms with E-state index in [0.717, 1.165) is 5.56 Å². The number of carbonyl (C=O) groups is 1. The van der Waals surface area contributed by atoms with Gasteiger partial charge in [0.05, 0.1) is 23.8 Å². The van der Waals surface area contributed by atoms with Gasteiger partial charge in [-0.15, -0.1) is 0 Å². The Bertz CT molecular complexity index is 1240. The van der Waals surface area contributed by atoms with Crippen molar-refractivity contribution in [2.75, 3.05) is 5.32 Å². The zero-order valence-corrected chi connectivity index (χ0v) is 16.9. The van der Waals surface area contributed by atoms with Crippen molar-refractivity contribution in [1.82, 2.24) is 19.6 Å². The molecule has 0 bridgehead atoms. The number of hydrogen-bond donors (Lipinski definition) is 1. The van der Waals surface area contributed by atoms with Crippen LogP contribution in [0, 0.1) is 5.92 Å². The number of nitrogens with zero attached hydrogens (tertiary/aromatic N) is 4. The summed E-state index contributed by atoms with van der Waals surface area (Å²) < 4.78 is 3.14. The Morgan fingerprint density at radius 2 is 1.73 bits per heavy atom. The molecular weight excluding hydrogens is 378 g/mol. The molecule has 0 fully saturated rings. The summed E-state index contributed by atoms with van der Waals surface area (Å²) in [6.45, 7) is 5.06. The van der Waals surface area contributed by atoms with E-state index in [2.05, 4.69) is 15.5 Å². The average Bonchev–Trinajstić information content (AvgIpc) is 3.17. The molecule has 4 rings (SSSR count). The third-order valence-electron chi connectivity index (χ3n) is 4.70. The average molecular weight is 401 g/mol. The normalized spacial score (nSPS) is 11.2. The maximum Gasteiger partial charge on any atom is 0.276 e. The third kappa shape index (κ3) is 4.15. The van der Waals surface area contributed by atoms with E-state index >= 15 is 0 Å². The van der Waals surface area contributed by atoms with Crippen molar-refractivity contribution in [1.29, 1.82) is 0 Å². The van der Waals surface area contributed by atoms with Gasteiger partial charge in [0.15, 0.2) is 5.69 Å². The van der Waals surface area contributed by atoms with Crippen LogP contribution in [0.1, 0.15) is 29.9 Å². The van der Waals surface area contributed by atoms with E-state index in [9.17, 15) is 9.59 Å². The van der Waals surface area contributed by atoms with Gasteiger partial charge < -0.3 is 5.32 Å². The molecule has 0 spiro atoms. The molecule has 0 saturated heterocycles. The lowest BCUT2D eigenvalue weighted by molar-refractivity contribution is 0.102. The summed E-state index contributed by atoms with van der Waals surface area (Å²) in [6.07, 6.45) is 3.38. The Morgan fingerprint density at radius 3 is 2.47 bits per heavy atom. The topological polar surface area (TPSA) is 81.8 Å². The van der Waals surface area contributed by atoms with Crippen LogP contribution in [0.25, 0.3) is 10.8 Å². The van der Waals surface area contributed by atoms with Crippen LogP contribution in [0.3, 0.4) is 0 Å². The van der Waals surface area contributed by atoms with Crippen LogP contribution in [0.4, 0.5) is 5.69 Å². The van der Waals surface area contributed by atoms with Gasteiger partial charge in [-0.1, -0.05) is 62.4 Å². The predicted octanol–water partition coefficient (Wildman–Crippen LogP) is 3.55. The van der Waals surface area contributed by atoms with Crippen LogP contribution in [0.5, 0.6) is 0 Å². The SMILES string of the molecule is CC(C)Cn1nc(C(=O)Nc2cnn(Cc3ccccc3)c2)c2ccccc2c1=O. The third-order valence-corrected chi connectivity index (χ3v) is 4.70. The predicted molar refractivity (Wildman–Crippen MR) is 117 cm³/mol. The van der Waals surface area contributed by atoms with E-state index in [0.29, 0.717) is 29.5 Å². The molecule has 2 aromatic heterocycles. The zero-order chi connectivity index (χ0) is 21.1. The summed E-state index contributed by atoms with van der Waals surface area (Å²) in [4.78, 5) is 25.7. The number of aromatic nitrogens is 4. The molecule has 0 atom stereocenters. The second-order valence-electron chi connectivity index (χ2n) is 7.64. The lowest BCUT2D eigenvalue weighted by Crippen LogP contribution is -2.29. The van der Waals surface area contributed by atoms with Gasteiger partial charge in [0, 0.05) is 18.1 Å². The van der Waals surface area contributed by atoms with Gasteiger partial charge in [0.2, 0.25) is 0 Å². The van der Waals surface area contributed by atoms with Crippen LogP contribution < -0.4 is 10.9 Å². The highest BCUT2D eigenvalue weighted by molar-refractivity contribution is 6.11. The van der Waals surface area contributed by atoms with Gasteiger partial charge in [-0.25, -0.2) is 4.68 Å². The molecule has 1 N–H and O–H groups in total. The quantitative estimate of drug-likeness (QED) is 0.536. The highest BCUT2D eigenvalue weighted by Crippen LogP contribution is 2.16. The summed E-state index contributed by atoms with van der Waals surface area (Å²) in [5.74, 6) is -0.147. The summed E-state index contributed by atoms with van der Waals surface area (Å²) in [7, 11) is 0. The first kappa shape index (κ1) is 19.6. The molecule has 7 heteroatoms. The van der Waals surface area contributed by atoms with E-state index < -0.39 is 0 Å². The van der Waals surface area contributed by atoms with Crippen molar-refractivity contribution in [3.8, 4) is 0 Å². The first-order chi connectivity index (χ1) is 14.5. The van der Waals surface area contributed by atoms with Crippen molar-refractivity contribution >= 4 is 22.4 Å². The molecule has 2 aromatic carbocycles. The highest BCUT2D eigenvalue weighted by atomic mass is 16.2.